The molecule has 1 atom stereocenters. The minimum absolute atomic E-state index is 0.00708. The van der Waals surface area contributed by atoms with Gasteiger partial charge in [-0.1, -0.05) is 30.3 Å². The second-order valence-corrected chi connectivity index (χ2v) is 6.36. The van der Waals surface area contributed by atoms with Crippen molar-refractivity contribution in [1.82, 2.24) is 4.90 Å². The fraction of sp³-hybridized carbons (Fsp3) is 0.529. The van der Waals surface area contributed by atoms with Crippen molar-refractivity contribution in [1.29, 1.82) is 0 Å². The first-order chi connectivity index (χ1) is 10.7. The van der Waals surface area contributed by atoms with Gasteiger partial charge in [0.25, 0.3) is 0 Å². The van der Waals surface area contributed by atoms with Gasteiger partial charge in [-0.15, -0.1) is 0 Å². The van der Waals surface area contributed by atoms with E-state index in [0.29, 0.717) is 0 Å². The van der Waals surface area contributed by atoms with Gasteiger partial charge in [-0.05, 0) is 33.3 Å². The zero-order valence-electron chi connectivity index (χ0n) is 14.1. The van der Waals surface area contributed by atoms with Gasteiger partial charge >= 0.3 is 12.1 Å². The summed E-state index contributed by atoms with van der Waals surface area (Å²) in [6.07, 6.45) is -1.44. The summed E-state index contributed by atoms with van der Waals surface area (Å²) >= 11 is 0. The highest BCUT2D eigenvalue weighted by molar-refractivity contribution is 5.78. The Bertz CT molecular complexity index is 507. The van der Waals surface area contributed by atoms with E-state index in [1.807, 2.05) is 30.3 Å². The molecule has 0 fully saturated rings. The molecule has 6 nitrogen and oxygen atoms in total. The van der Waals surface area contributed by atoms with Crippen molar-refractivity contribution in [2.45, 2.75) is 46.0 Å². The number of hydrogen-bond acceptors (Lipinski definition) is 5. The Hall–Kier alpha value is -2.08. The summed E-state index contributed by atoms with van der Waals surface area (Å²) in [5.74, 6) is -0.546. The Morgan fingerprint density at radius 2 is 1.83 bits per heavy atom. The lowest BCUT2D eigenvalue weighted by atomic mass is 10.2. The molecule has 128 valence electrons. The van der Waals surface area contributed by atoms with Crippen LogP contribution < -0.4 is 0 Å². The Morgan fingerprint density at radius 3 is 2.35 bits per heavy atom. The standard InChI is InChI=1S/C17H25NO5/c1-13(19)10-18(11-15(20)23-17(2,3)4)16(21)22-12-14-8-6-5-7-9-14/h5-9,13,19H,10-12H2,1-4H3. The number of hydrogen-bond donors (Lipinski definition) is 1. The lowest BCUT2D eigenvalue weighted by Crippen LogP contribution is -2.42. The van der Waals surface area contributed by atoms with E-state index in [1.165, 1.54) is 6.92 Å². The van der Waals surface area contributed by atoms with E-state index in [4.69, 9.17) is 9.47 Å². The third-order valence-corrected chi connectivity index (χ3v) is 2.69. The van der Waals surface area contributed by atoms with Gasteiger partial charge in [-0.25, -0.2) is 4.79 Å². The number of amides is 1. The SMILES string of the molecule is CC(O)CN(CC(=O)OC(C)(C)C)C(=O)OCc1ccccc1. The molecular weight excluding hydrogens is 298 g/mol. The van der Waals surface area contributed by atoms with Crippen LogP contribution in [0.15, 0.2) is 30.3 Å². The van der Waals surface area contributed by atoms with E-state index in [1.54, 1.807) is 20.8 Å². The minimum atomic E-state index is -0.776. The van der Waals surface area contributed by atoms with Crippen LogP contribution in [0.1, 0.15) is 33.3 Å². The number of aliphatic hydroxyl groups is 1. The lowest BCUT2D eigenvalue weighted by Gasteiger charge is -2.25. The van der Waals surface area contributed by atoms with Gasteiger partial charge in [-0.3, -0.25) is 9.69 Å². The quantitative estimate of drug-likeness (QED) is 0.813. The van der Waals surface area contributed by atoms with Gasteiger partial charge < -0.3 is 14.6 Å². The van der Waals surface area contributed by atoms with E-state index in [-0.39, 0.29) is 19.7 Å². The van der Waals surface area contributed by atoms with Crippen molar-refractivity contribution in [3.8, 4) is 0 Å². The molecule has 1 aromatic carbocycles. The molecule has 0 aliphatic heterocycles. The Kier molecular flexibility index (Phi) is 7.03. The highest BCUT2D eigenvalue weighted by atomic mass is 16.6. The average Bonchev–Trinajstić information content (AvgIpc) is 2.42. The van der Waals surface area contributed by atoms with E-state index in [0.717, 1.165) is 10.5 Å². The number of ether oxygens (including phenoxy) is 2. The number of esters is 1. The minimum Gasteiger partial charge on any atom is -0.459 e. The fourth-order valence-corrected chi connectivity index (χ4v) is 1.86. The van der Waals surface area contributed by atoms with Crippen LogP contribution in [-0.2, 0) is 20.9 Å². The van der Waals surface area contributed by atoms with Crippen LogP contribution in [0.3, 0.4) is 0 Å². The fourth-order valence-electron chi connectivity index (χ4n) is 1.86. The highest BCUT2D eigenvalue weighted by Crippen LogP contribution is 2.09. The monoisotopic (exact) mass is 323 g/mol. The zero-order valence-corrected chi connectivity index (χ0v) is 14.1. The van der Waals surface area contributed by atoms with Crippen LogP contribution in [-0.4, -0.2) is 46.9 Å². The van der Waals surface area contributed by atoms with Crippen LogP contribution in [0.25, 0.3) is 0 Å². The van der Waals surface area contributed by atoms with Crippen LogP contribution in [0.5, 0.6) is 0 Å². The van der Waals surface area contributed by atoms with Crippen LogP contribution in [0.4, 0.5) is 4.79 Å². The Balaban J connectivity index is 2.61. The molecule has 0 aliphatic carbocycles. The summed E-state index contributed by atoms with van der Waals surface area (Å²) in [4.78, 5) is 25.2. The van der Waals surface area contributed by atoms with Gasteiger partial charge in [0.05, 0.1) is 12.6 Å². The topological polar surface area (TPSA) is 76.1 Å². The second kappa shape index (κ2) is 8.53. The molecule has 23 heavy (non-hydrogen) atoms. The molecule has 0 bridgehead atoms. The molecular formula is C17H25NO5. The predicted octanol–water partition coefficient (Wildman–Crippen LogP) is 2.35. The number of aliphatic hydroxyl groups excluding tert-OH is 1. The summed E-state index contributed by atoms with van der Waals surface area (Å²) in [6.45, 7) is 6.60. The third kappa shape index (κ3) is 8.21. The smallest absolute Gasteiger partial charge is 0.410 e. The highest BCUT2D eigenvalue weighted by Gasteiger charge is 2.24. The van der Waals surface area contributed by atoms with Crippen LogP contribution in [0, 0.1) is 0 Å². The molecule has 6 heteroatoms. The summed E-state index contributed by atoms with van der Waals surface area (Å²) in [6, 6.07) is 9.22. The summed E-state index contributed by atoms with van der Waals surface area (Å²) in [5, 5.41) is 9.50. The molecule has 0 radical (unpaired) electrons. The van der Waals surface area contributed by atoms with Crippen molar-refractivity contribution in [2.75, 3.05) is 13.1 Å². The molecule has 0 saturated heterocycles. The number of benzene rings is 1. The maximum atomic E-state index is 12.1. The van der Waals surface area contributed by atoms with E-state index >= 15 is 0 Å². The van der Waals surface area contributed by atoms with E-state index in [2.05, 4.69) is 0 Å². The average molecular weight is 323 g/mol. The van der Waals surface area contributed by atoms with Crippen LogP contribution >= 0.6 is 0 Å². The first-order valence-corrected chi connectivity index (χ1v) is 7.53. The van der Waals surface area contributed by atoms with Crippen molar-refractivity contribution in [2.24, 2.45) is 0 Å². The largest absolute Gasteiger partial charge is 0.459 e. The predicted molar refractivity (Wildman–Crippen MR) is 85.7 cm³/mol. The molecule has 1 rings (SSSR count). The molecule has 1 N–H and O–H groups in total. The summed E-state index contributed by atoms with van der Waals surface area (Å²) in [5.41, 5.74) is 0.205. The number of carbonyl (C=O) groups excluding carboxylic acids is 2. The molecule has 0 aromatic heterocycles. The van der Waals surface area contributed by atoms with Crippen molar-refractivity contribution in [3.63, 3.8) is 0 Å². The molecule has 0 spiro atoms. The van der Waals surface area contributed by atoms with Gasteiger partial charge in [0.2, 0.25) is 0 Å². The van der Waals surface area contributed by atoms with Gasteiger partial charge in [0, 0.05) is 0 Å². The van der Waals surface area contributed by atoms with E-state index in [9.17, 15) is 14.7 Å². The van der Waals surface area contributed by atoms with Gasteiger partial charge in [0.1, 0.15) is 18.8 Å². The third-order valence-electron chi connectivity index (χ3n) is 2.69. The number of rotatable bonds is 6. The van der Waals surface area contributed by atoms with Gasteiger partial charge in [0.15, 0.2) is 0 Å². The second-order valence-electron chi connectivity index (χ2n) is 6.36. The Labute approximate surface area is 137 Å². The molecule has 1 unspecified atom stereocenters. The maximum Gasteiger partial charge on any atom is 0.410 e. The van der Waals surface area contributed by atoms with Crippen LogP contribution in [0.2, 0.25) is 0 Å². The van der Waals surface area contributed by atoms with Gasteiger partial charge in [-0.2, -0.15) is 0 Å². The lowest BCUT2D eigenvalue weighted by molar-refractivity contribution is -0.156. The zero-order chi connectivity index (χ0) is 17.5. The first kappa shape index (κ1) is 19.0. The molecule has 1 aromatic rings. The molecule has 0 aliphatic rings. The Morgan fingerprint density at radius 1 is 1.22 bits per heavy atom. The van der Waals surface area contributed by atoms with Crippen molar-refractivity contribution >= 4 is 12.1 Å². The normalized spacial score (nSPS) is 12.4. The first-order valence-electron chi connectivity index (χ1n) is 7.53. The molecule has 1 amide bonds. The number of carbonyl (C=O) groups is 2. The summed E-state index contributed by atoms with van der Waals surface area (Å²) in [7, 11) is 0. The maximum absolute atomic E-state index is 12.1. The molecule has 0 heterocycles. The molecule has 0 saturated carbocycles. The van der Waals surface area contributed by atoms with E-state index < -0.39 is 23.8 Å². The summed E-state index contributed by atoms with van der Waals surface area (Å²) < 4.78 is 10.4. The van der Waals surface area contributed by atoms with Crippen molar-refractivity contribution in [3.05, 3.63) is 35.9 Å². The van der Waals surface area contributed by atoms with Crippen molar-refractivity contribution < 1.29 is 24.2 Å². The number of nitrogens with zero attached hydrogens (tertiary/aromatic N) is 1.